The summed E-state index contributed by atoms with van der Waals surface area (Å²) < 4.78 is 40.1. The zero-order chi connectivity index (χ0) is 15.4. The van der Waals surface area contributed by atoms with Crippen LogP contribution in [-0.2, 0) is 10.2 Å². The molecule has 0 fully saturated rings. The van der Waals surface area contributed by atoms with E-state index in [1.54, 1.807) is 0 Å². The van der Waals surface area contributed by atoms with Crippen LogP contribution in [-0.4, -0.2) is 35.9 Å². The van der Waals surface area contributed by atoms with Crippen molar-refractivity contribution in [3.8, 4) is 0 Å². The fourth-order valence-corrected chi connectivity index (χ4v) is 1.47. The summed E-state index contributed by atoms with van der Waals surface area (Å²) in [5.41, 5.74) is -0.270. The van der Waals surface area contributed by atoms with Crippen LogP contribution in [0, 0.1) is 0 Å². The van der Waals surface area contributed by atoms with Crippen molar-refractivity contribution in [1.82, 2.24) is 9.97 Å². The van der Waals surface area contributed by atoms with Crippen molar-refractivity contribution in [2.75, 3.05) is 25.1 Å². The number of rotatable bonds is 5. The normalized spacial score (nSPS) is 12.6. The first kappa shape index (κ1) is 17.0. The van der Waals surface area contributed by atoms with Crippen molar-refractivity contribution in [3.05, 3.63) is 17.0 Å². The monoisotopic (exact) mass is 311 g/mol. The number of alkyl halides is 3. The number of anilines is 1. The Kier molecular flexibility index (Phi) is 5.59. The Morgan fingerprint density at radius 1 is 1.25 bits per heavy atom. The number of hydrogen-bond acceptors (Lipinski definition) is 4. The third kappa shape index (κ3) is 6.38. The second kappa shape index (κ2) is 6.58. The molecule has 0 bridgehead atoms. The van der Waals surface area contributed by atoms with Crippen molar-refractivity contribution in [2.24, 2.45) is 0 Å². The molecule has 20 heavy (non-hydrogen) atoms. The number of nitrogens with one attached hydrogen (secondary N) is 1. The fraction of sp³-hybridized carbons (Fsp3) is 0.667. The van der Waals surface area contributed by atoms with Gasteiger partial charge in [-0.15, -0.1) is 0 Å². The summed E-state index contributed by atoms with van der Waals surface area (Å²) in [5, 5.41) is 3.14. The number of ether oxygens (including phenoxy) is 1. The van der Waals surface area contributed by atoms with Gasteiger partial charge in [-0.1, -0.05) is 32.4 Å². The number of nitrogens with zero attached hydrogens (tertiary/aromatic N) is 2. The van der Waals surface area contributed by atoms with E-state index in [4.69, 9.17) is 11.6 Å². The molecule has 1 aromatic heterocycles. The van der Waals surface area contributed by atoms with E-state index in [1.165, 1.54) is 6.07 Å². The van der Waals surface area contributed by atoms with Crippen LogP contribution in [0.5, 0.6) is 0 Å². The molecule has 0 aliphatic carbocycles. The van der Waals surface area contributed by atoms with Gasteiger partial charge in [0.25, 0.3) is 0 Å². The van der Waals surface area contributed by atoms with E-state index in [1.807, 2.05) is 20.8 Å². The Labute approximate surface area is 120 Å². The summed E-state index contributed by atoms with van der Waals surface area (Å²) >= 11 is 5.88. The average molecular weight is 312 g/mol. The lowest BCUT2D eigenvalue weighted by Gasteiger charge is -2.17. The maximum Gasteiger partial charge on any atom is 0.411 e. The maximum atomic E-state index is 11.9. The SMILES string of the molecule is CC(C)(C)c1nc(Cl)cc(NCCOCC(F)(F)F)n1. The van der Waals surface area contributed by atoms with E-state index in [-0.39, 0.29) is 23.7 Å². The van der Waals surface area contributed by atoms with Gasteiger partial charge in [0.05, 0.1) is 6.61 Å². The van der Waals surface area contributed by atoms with Gasteiger partial charge >= 0.3 is 6.18 Å². The van der Waals surface area contributed by atoms with E-state index in [2.05, 4.69) is 20.0 Å². The summed E-state index contributed by atoms with van der Waals surface area (Å²) in [5.74, 6) is 1.02. The molecule has 0 aliphatic heterocycles. The molecule has 1 aromatic rings. The minimum atomic E-state index is -4.31. The third-order valence-corrected chi connectivity index (χ3v) is 2.38. The highest BCUT2D eigenvalue weighted by atomic mass is 35.5. The number of halogens is 4. The molecule has 114 valence electrons. The van der Waals surface area contributed by atoms with Gasteiger partial charge in [-0.2, -0.15) is 13.2 Å². The molecule has 0 atom stereocenters. The van der Waals surface area contributed by atoms with Crippen LogP contribution in [0.1, 0.15) is 26.6 Å². The van der Waals surface area contributed by atoms with Gasteiger partial charge < -0.3 is 10.1 Å². The van der Waals surface area contributed by atoms with Gasteiger partial charge in [0, 0.05) is 18.0 Å². The highest BCUT2D eigenvalue weighted by molar-refractivity contribution is 6.29. The maximum absolute atomic E-state index is 11.9. The topological polar surface area (TPSA) is 47.0 Å². The third-order valence-electron chi connectivity index (χ3n) is 2.18. The second-order valence-electron chi connectivity index (χ2n) is 5.24. The lowest BCUT2D eigenvalue weighted by Crippen LogP contribution is -2.21. The van der Waals surface area contributed by atoms with Crippen LogP contribution in [0.15, 0.2) is 6.07 Å². The van der Waals surface area contributed by atoms with Gasteiger partial charge in [-0.3, -0.25) is 0 Å². The first-order valence-electron chi connectivity index (χ1n) is 6.01. The van der Waals surface area contributed by atoms with E-state index in [0.717, 1.165) is 0 Å². The lowest BCUT2D eigenvalue weighted by atomic mass is 9.96. The van der Waals surface area contributed by atoms with Crippen molar-refractivity contribution < 1.29 is 17.9 Å². The quantitative estimate of drug-likeness (QED) is 0.668. The Balaban J connectivity index is 2.50. The summed E-state index contributed by atoms with van der Waals surface area (Å²) in [6, 6.07) is 1.51. The van der Waals surface area contributed by atoms with Crippen molar-refractivity contribution in [1.29, 1.82) is 0 Å². The lowest BCUT2D eigenvalue weighted by molar-refractivity contribution is -0.172. The number of aromatic nitrogens is 2. The first-order valence-corrected chi connectivity index (χ1v) is 6.39. The summed E-state index contributed by atoms with van der Waals surface area (Å²) in [6.07, 6.45) is -4.31. The van der Waals surface area contributed by atoms with Crippen molar-refractivity contribution in [3.63, 3.8) is 0 Å². The Morgan fingerprint density at radius 2 is 1.90 bits per heavy atom. The molecule has 0 amide bonds. The smallest absolute Gasteiger partial charge is 0.370 e. The predicted molar refractivity (Wildman–Crippen MR) is 71.1 cm³/mol. The Hall–Kier alpha value is -1.08. The molecule has 4 nitrogen and oxygen atoms in total. The van der Waals surface area contributed by atoms with Gasteiger partial charge in [0.1, 0.15) is 23.4 Å². The largest absolute Gasteiger partial charge is 0.411 e. The predicted octanol–water partition coefficient (Wildman–Crippen LogP) is 3.42. The van der Waals surface area contributed by atoms with Crippen LogP contribution < -0.4 is 5.32 Å². The summed E-state index contributed by atoms with van der Waals surface area (Å²) in [6.45, 7) is 4.68. The molecule has 0 unspecified atom stereocenters. The molecular formula is C12H17ClF3N3O. The van der Waals surface area contributed by atoms with E-state index in [0.29, 0.717) is 11.6 Å². The molecule has 0 saturated carbocycles. The zero-order valence-electron chi connectivity index (χ0n) is 11.5. The van der Waals surface area contributed by atoms with Gasteiger partial charge in [0.15, 0.2) is 0 Å². The molecule has 8 heteroatoms. The molecule has 0 aliphatic rings. The van der Waals surface area contributed by atoms with Crippen molar-refractivity contribution >= 4 is 17.4 Å². The fourth-order valence-electron chi connectivity index (χ4n) is 1.28. The molecule has 0 saturated heterocycles. The Bertz CT molecular complexity index is 447. The van der Waals surface area contributed by atoms with Crippen LogP contribution in [0.3, 0.4) is 0 Å². The van der Waals surface area contributed by atoms with Crippen molar-refractivity contribution in [2.45, 2.75) is 32.4 Å². The molecular weight excluding hydrogens is 295 g/mol. The Morgan fingerprint density at radius 3 is 2.45 bits per heavy atom. The summed E-state index contributed by atoms with van der Waals surface area (Å²) in [4.78, 5) is 8.38. The van der Waals surface area contributed by atoms with Crippen LogP contribution in [0.25, 0.3) is 0 Å². The standard InChI is InChI=1S/C12H17ClF3N3O/c1-11(2,3)10-18-8(13)6-9(19-10)17-4-5-20-7-12(14,15)16/h6H,4-5,7H2,1-3H3,(H,17,18,19). The van der Waals surface area contributed by atoms with Gasteiger partial charge in [0.2, 0.25) is 0 Å². The molecule has 1 N–H and O–H groups in total. The molecule has 1 rings (SSSR count). The minimum Gasteiger partial charge on any atom is -0.370 e. The molecule has 1 heterocycles. The number of hydrogen-bond donors (Lipinski definition) is 1. The van der Waals surface area contributed by atoms with Crippen LogP contribution in [0.4, 0.5) is 19.0 Å². The average Bonchev–Trinajstić information content (AvgIpc) is 2.25. The van der Waals surface area contributed by atoms with E-state index < -0.39 is 12.8 Å². The van der Waals surface area contributed by atoms with Gasteiger partial charge in [-0.25, -0.2) is 9.97 Å². The zero-order valence-corrected chi connectivity index (χ0v) is 12.3. The summed E-state index contributed by atoms with van der Waals surface area (Å²) in [7, 11) is 0. The highest BCUT2D eigenvalue weighted by Gasteiger charge is 2.27. The van der Waals surface area contributed by atoms with Crippen LogP contribution >= 0.6 is 11.6 Å². The second-order valence-corrected chi connectivity index (χ2v) is 5.63. The van der Waals surface area contributed by atoms with Crippen LogP contribution in [0.2, 0.25) is 5.15 Å². The van der Waals surface area contributed by atoms with E-state index in [9.17, 15) is 13.2 Å². The first-order chi connectivity index (χ1) is 9.08. The molecule has 0 aromatic carbocycles. The molecule has 0 radical (unpaired) electrons. The van der Waals surface area contributed by atoms with E-state index >= 15 is 0 Å². The molecule has 0 spiro atoms. The highest BCUT2D eigenvalue weighted by Crippen LogP contribution is 2.22. The van der Waals surface area contributed by atoms with Gasteiger partial charge in [-0.05, 0) is 0 Å². The minimum absolute atomic E-state index is 0.0774.